The van der Waals surface area contributed by atoms with Crippen molar-refractivity contribution in [3.8, 4) is 0 Å². The lowest BCUT2D eigenvalue weighted by atomic mass is 10.0. The van der Waals surface area contributed by atoms with E-state index in [1.54, 1.807) is 0 Å². The highest BCUT2D eigenvalue weighted by Crippen LogP contribution is 2.26. The van der Waals surface area contributed by atoms with E-state index in [1.807, 2.05) is 19.1 Å². The molecule has 0 radical (unpaired) electrons. The molecular formula is C18H23N3S. The zero-order valence-electron chi connectivity index (χ0n) is 13.7. The highest BCUT2D eigenvalue weighted by molar-refractivity contribution is 7.82. The number of rotatable bonds is 4. The van der Waals surface area contributed by atoms with E-state index in [-0.39, 0.29) is 0 Å². The van der Waals surface area contributed by atoms with Crippen LogP contribution in [0.15, 0.2) is 46.6 Å². The van der Waals surface area contributed by atoms with Crippen molar-refractivity contribution >= 4 is 34.2 Å². The number of hydrogen-bond donors (Lipinski definition) is 1. The van der Waals surface area contributed by atoms with Crippen LogP contribution in [0.1, 0.15) is 26.3 Å². The molecular weight excluding hydrogens is 290 g/mol. The summed E-state index contributed by atoms with van der Waals surface area (Å²) in [4.78, 5) is 7.73. The molecule has 0 saturated carbocycles. The lowest BCUT2D eigenvalue weighted by molar-refractivity contribution is 0.865. The number of thiocarbonyl (C=S) groups is 1. The van der Waals surface area contributed by atoms with Gasteiger partial charge in [0.1, 0.15) is 0 Å². The predicted octanol–water partition coefficient (Wildman–Crippen LogP) is 4.09. The van der Waals surface area contributed by atoms with Crippen molar-refractivity contribution in [2.24, 2.45) is 10.7 Å². The van der Waals surface area contributed by atoms with Crippen LogP contribution < -0.4 is 10.6 Å². The number of benzene rings is 1. The molecule has 0 saturated heterocycles. The van der Waals surface area contributed by atoms with E-state index >= 15 is 0 Å². The van der Waals surface area contributed by atoms with Crippen LogP contribution >= 0.6 is 12.2 Å². The van der Waals surface area contributed by atoms with Crippen LogP contribution in [0.4, 0.5) is 11.4 Å². The highest BCUT2D eigenvalue weighted by Gasteiger charge is 2.12. The Bertz CT molecular complexity index is 680. The molecule has 1 aliphatic rings. The fourth-order valence-corrected chi connectivity index (χ4v) is 2.69. The summed E-state index contributed by atoms with van der Waals surface area (Å²) in [5.74, 6) is 0. The minimum Gasteiger partial charge on any atom is -0.398 e. The molecule has 2 rings (SSSR count). The Kier molecular flexibility index (Phi) is 5.14. The van der Waals surface area contributed by atoms with Gasteiger partial charge in [-0.05, 0) is 69.2 Å². The second-order valence-electron chi connectivity index (χ2n) is 5.43. The first-order valence-corrected chi connectivity index (χ1v) is 8.01. The molecule has 116 valence electrons. The van der Waals surface area contributed by atoms with Crippen LogP contribution in [-0.4, -0.2) is 23.7 Å². The van der Waals surface area contributed by atoms with Gasteiger partial charge >= 0.3 is 0 Å². The van der Waals surface area contributed by atoms with Crippen molar-refractivity contribution in [1.82, 2.24) is 0 Å². The van der Waals surface area contributed by atoms with E-state index in [0.29, 0.717) is 4.86 Å². The van der Waals surface area contributed by atoms with Crippen molar-refractivity contribution < 1.29 is 0 Å². The molecule has 0 spiro atoms. The Morgan fingerprint density at radius 3 is 2.41 bits per heavy atom. The van der Waals surface area contributed by atoms with Gasteiger partial charge in [0.2, 0.25) is 0 Å². The van der Waals surface area contributed by atoms with Gasteiger partial charge in [-0.1, -0.05) is 12.2 Å². The Balaban J connectivity index is 2.35. The van der Waals surface area contributed by atoms with Crippen molar-refractivity contribution in [3.05, 3.63) is 47.2 Å². The molecule has 1 aliphatic carbocycles. The smallest absolute Gasteiger partial charge is 0.0821 e. The average Bonchev–Trinajstić information content (AvgIpc) is 2.48. The van der Waals surface area contributed by atoms with Crippen molar-refractivity contribution in [3.63, 3.8) is 0 Å². The van der Waals surface area contributed by atoms with Gasteiger partial charge in [-0.3, -0.25) is 0 Å². The molecule has 0 bridgehead atoms. The molecule has 0 aromatic heterocycles. The first kappa shape index (κ1) is 16.4. The fourth-order valence-electron chi connectivity index (χ4n) is 2.46. The Morgan fingerprint density at radius 2 is 1.82 bits per heavy atom. The summed E-state index contributed by atoms with van der Waals surface area (Å²) in [5, 5.41) is 0. The average molecular weight is 313 g/mol. The standard InChI is InChI=1S/C18H23N3S/c1-5-21(6-2)14-7-8-16(13(4)9-14)20-17-10-12(3)15(19)11-18(17)22/h7-11H,5-6,19H2,1-4H3. The number of nitrogens with zero attached hydrogens (tertiary/aromatic N) is 2. The van der Waals surface area contributed by atoms with Crippen LogP contribution in [-0.2, 0) is 0 Å². The van der Waals surface area contributed by atoms with E-state index in [9.17, 15) is 0 Å². The third-order valence-corrected chi connectivity index (χ3v) is 4.22. The van der Waals surface area contributed by atoms with Crippen LogP contribution in [0.3, 0.4) is 0 Å². The fraction of sp³-hybridized carbons (Fsp3) is 0.333. The molecule has 2 N–H and O–H groups in total. The second-order valence-corrected chi connectivity index (χ2v) is 5.87. The Morgan fingerprint density at radius 1 is 1.14 bits per heavy atom. The Hall–Kier alpha value is -1.94. The summed E-state index contributed by atoms with van der Waals surface area (Å²) in [7, 11) is 0. The predicted molar refractivity (Wildman–Crippen MR) is 100 cm³/mol. The lowest BCUT2D eigenvalue weighted by Crippen LogP contribution is -2.21. The van der Waals surface area contributed by atoms with E-state index in [4.69, 9.17) is 22.9 Å². The van der Waals surface area contributed by atoms with Gasteiger partial charge in [0.15, 0.2) is 0 Å². The van der Waals surface area contributed by atoms with E-state index in [1.165, 1.54) is 5.69 Å². The van der Waals surface area contributed by atoms with Gasteiger partial charge in [-0.15, -0.1) is 0 Å². The van der Waals surface area contributed by atoms with Gasteiger partial charge in [0.05, 0.1) is 16.3 Å². The third-order valence-electron chi connectivity index (χ3n) is 3.90. The molecule has 22 heavy (non-hydrogen) atoms. The summed E-state index contributed by atoms with van der Waals surface area (Å²) >= 11 is 5.36. The van der Waals surface area contributed by atoms with Crippen molar-refractivity contribution in [1.29, 1.82) is 0 Å². The minimum absolute atomic E-state index is 0.690. The first-order chi connectivity index (χ1) is 10.5. The summed E-state index contributed by atoms with van der Waals surface area (Å²) in [6.07, 6.45) is 3.76. The van der Waals surface area contributed by atoms with Gasteiger partial charge in [0.25, 0.3) is 0 Å². The molecule has 0 fully saturated rings. The van der Waals surface area contributed by atoms with E-state index < -0.39 is 0 Å². The molecule has 3 nitrogen and oxygen atoms in total. The molecule has 0 aliphatic heterocycles. The lowest BCUT2D eigenvalue weighted by Gasteiger charge is -2.21. The quantitative estimate of drug-likeness (QED) is 0.851. The van der Waals surface area contributed by atoms with Crippen molar-refractivity contribution in [2.45, 2.75) is 27.7 Å². The van der Waals surface area contributed by atoms with Crippen molar-refractivity contribution in [2.75, 3.05) is 18.0 Å². The number of aliphatic imine (C=N–C) groups is 1. The molecule has 0 atom stereocenters. The molecule has 0 unspecified atom stereocenters. The third kappa shape index (κ3) is 3.45. The first-order valence-electron chi connectivity index (χ1n) is 7.60. The van der Waals surface area contributed by atoms with E-state index in [2.05, 4.69) is 43.9 Å². The molecule has 4 heteroatoms. The monoisotopic (exact) mass is 313 g/mol. The second kappa shape index (κ2) is 6.88. The van der Waals surface area contributed by atoms with Gasteiger partial charge in [-0.2, -0.15) is 0 Å². The van der Waals surface area contributed by atoms with Crippen LogP contribution in [0.5, 0.6) is 0 Å². The zero-order valence-corrected chi connectivity index (χ0v) is 14.5. The van der Waals surface area contributed by atoms with E-state index in [0.717, 1.165) is 41.3 Å². The van der Waals surface area contributed by atoms with Crippen LogP contribution in [0.25, 0.3) is 0 Å². The normalized spacial score (nSPS) is 16.5. The Labute approximate surface area is 138 Å². The highest BCUT2D eigenvalue weighted by atomic mass is 32.1. The molecule has 1 aromatic carbocycles. The summed E-state index contributed by atoms with van der Waals surface area (Å²) in [5.41, 5.74) is 11.7. The molecule has 1 aromatic rings. The summed E-state index contributed by atoms with van der Waals surface area (Å²) in [6, 6.07) is 6.36. The largest absolute Gasteiger partial charge is 0.398 e. The van der Waals surface area contributed by atoms with Gasteiger partial charge < -0.3 is 10.6 Å². The maximum atomic E-state index is 5.88. The number of anilines is 1. The maximum absolute atomic E-state index is 5.88. The summed E-state index contributed by atoms with van der Waals surface area (Å²) in [6.45, 7) is 10.4. The van der Waals surface area contributed by atoms with Gasteiger partial charge in [0, 0.05) is 24.5 Å². The maximum Gasteiger partial charge on any atom is 0.0821 e. The van der Waals surface area contributed by atoms with Gasteiger partial charge in [-0.25, -0.2) is 4.99 Å². The number of hydrogen-bond acceptors (Lipinski definition) is 4. The molecule has 0 heterocycles. The number of allylic oxidation sites excluding steroid dienone is 3. The summed E-state index contributed by atoms with van der Waals surface area (Å²) < 4.78 is 0. The number of aryl methyl sites for hydroxylation is 1. The topological polar surface area (TPSA) is 41.6 Å². The number of nitrogens with two attached hydrogens (primary N) is 1. The SMILES string of the molecule is CCN(CC)c1ccc(N=C2C=C(C)C(N)=CC2=S)c(C)c1. The zero-order chi connectivity index (χ0) is 16.3. The van der Waals surface area contributed by atoms with Crippen LogP contribution in [0, 0.1) is 6.92 Å². The minimum atomic E-state index is 0.690. The molecule has 0 amide bonds. The van der Waals surface area contributed by atoms with Crippen LogP contribution in [0.2, 0.25) is 0 Å².